The first-order valence-corrected chi connectivity index (χ1v) is 8.45. The second-order valence-electron chi connectivity index (χ2n) is 5.13. The van der Waals surface area contributed by atoms with E-state index >= 15 is 0 Å². The van der Waals surface area contributed by atoms with Crippen LogP contribution in [-0.2, 0) is 21.2 Å². The second kappa shape index (κ2) is 7.28. The number of hydrogen-bond donors (Lipinski definition) is 3. The van der Waals surface area contributed by atoms with Crippen molar-refractivity contribution in [1.29, 1.82) is 0 Å². The van der Waals surface area contributed by atoms with Crippen LogP contribution in [0.1, 0.15) is 5.56 Å². The summed E-state index contributed by atoms with van der Waals surface area (Å²) in [5, 5.41) is 29.1. The monoisotopic (exact) mass is 366 g/mol. The van der Waals surface area contributed by atoms with Gasteiger partial charge in [0.25, 0.3) is 5.69 Å². The molecular weight excluding hydrogens is 352 g/mol. The number of nitro benzene ring substituents is 1. The molecule has 132 valence electrons. The quantitative estimate of drug-likeness (QED) is 0.494. The molecule has 10 heteroatoms. The molecule has 3 N–H and O–H groups in total. The van der Waals surface area contributed by atoms with Gasteiger partial charge in [-0.15, -0.1) is 0 Å². The molecule has 0 amide bonds. The first-order valence-electron chi connectivity index (χ1n) is 6.96. The van der Waals surface area contributed by atoms with E-state index in [4.69, 9.17) is 0 Å². The lowest BCUT2D eigenvalue weighted by Crippen LogP contribution is -2.42. The smallest absolute Gasteiger partial charge is 0.322 e. The van der Waals surface area contributed by atoms with Crippen LogP contribution in [0.4, 0.5) is 5.69 Å². The molecule has 0 unspecified atom stereocenters. The number of carbonyl (C=O) groups is 1. The number of phenolic OH excluding ortho intramolecular Hbond substituents is 1. The average molecular weight is 366 g/mol. The number of nitrogens with zero attached hydrogens (tertiary/aromatic N) is 1. The van der Waals surface area contributed by atoms with E-state index in [1.54, 1.807) is 0 Å². The van der Waals surface area contributed by atoms with Gasteiger partial charge in [0.15, 0.2) is 0 Å². The lowest BCUT2D eigenvalue weighted by Gasteiger charge is -2.15. The first kappa shape index (κ1) is 18.4. The Kier molecular flexibility index (Phi) is 5.35. The number of rotatable bonds is 7. The summed E-state index contributed by atoms with van der Waals surface area (Å²) in [5.41, 5.74) is 0.231. The third kappa shape index (κ3) is 4.75. The predicted octanol–water partition coefficient (Wildman–Crippen LogP) is 1.27. The summed E-state index contributed by atoms with van der Waals surface area (Å²) in [6.07, 6.45) is -0.137. The Morgan fingerprint density at radius 3 is 2.16 bits per heavy atom. The zero-order valence-electron chi connectivity index (χ0n) is 12.7. The van der Waals surface area contributed by atoms with Gasteiger partial charge in [-0.25, -0.2) is 8.42 Å². The number of sulfonamides is 1. The fourth-order valence-corrected chi connectivity index (χ4v) is 3.24. The maximum Gasteiger partial charge on any atom is 0.322 e. The number of hydrogen-bond acceptors (Lipinski definition) is 6. The second-order valence-corrected chi connectivity index (χ2v) is 6.85. The van der Waals surface area contributed by atoms with Gasteiger partial charge >= 0.3 is 5.97 Å². The van der Waals surface area contributed by atoms with Crippen LogP contribution in [0.5, 0.6) is 5.75 Å². The van der Waals surface area contributed by atoms with E-state index in [1.165, 1.54) is 24.3 Å². The van der Waals surface area contributed by atoms with Crippen molar-refractivity contribution in [3.63, 3.8) is 0 Å². The minimum Gasteiger partial charge on any atom is -0.508 e. The van der Waals surface area contributed by atoms with Crippen molar-refractivity contribution in [2.24, 2.45) is 0 Å². The molecule has 0 aliphatic heterocycles. The van der Waals surface area contributed by atoms with Crippen molar-refractivity contribution >= 4 is 21.7 Å². The third-order valence-electron chi connectivity index (χ3n) is 3.33. The van der Waals surface area contributed by atoms with Gasteiger partial charge in [-0.3, -0.25) is 14.9 Å². The standard InChI is InChI=1S/C15H14N2O7S/c18-12-5-1-10(2-6-12)9-14(15(19)20)16-25(23,24)13-7-3-11(4-8-13)17(21)22/h1-8,14,16,18H,9H2,(H,19,20)/t14-/m1/s1. The van der Waals surface area contributed by atoms with Crippen LogP contribution in [-0.4, -0.2) is 35.6 Å². The van der Waals surface area contributed by atoms with Gasteiger partial charge < -0.3 is 10.2 Å². The molecular formula is C15H14N2O7S. The van der Waals surface area contributed by atoms with Gasteiger partial charge in [0.05, 0.1) is 9.82 Å². The van der Waals surface area contributed by atoms with Crippen LogP contribution in [0.15, 0.2) is 53.4 Å². The summed E-state index contributed by atoms with van der Waals surface area (Å²) in [6, 6.07) is 8.33. The van der Waals surface area contributed by atoms with E-state index in [9.17, 15) is 33.5 Å². The molecule has 2 aromatic carbocycles. The van der Waals surface area contributed by atoms with Gasteiger partial charge in [0.1, 0.15) is 11.8 Å². The fourth-order valence-electron chi connectivity index (χ4n) is 2.05. The van der Waals surface area contributed by atoms with Crippen molar-refractivity contribution in [2.45, 2.75) is 17.4 Å². The van der Waals surface area contributed by atoms with Crippen LogP contribution in [0.2, 0.25) is 0 Å². The summed E-state index contributed by atoms with van der Waals surface area (Å²) >= 11 is 0. The van der Waals surface area contributed by atoms with E-state index in [0.29, 0.717) is 5.56 Å². The molecule has 0 saturated carbocycles. The zero-order chi connectivity index (χ0) is 18.6. The van der Waals surface area contributed by atoms with E-state index in [-0.39, 0.29) is 22.8 Å². The van der Waals surface area contributed by atoms with Crippen LogP contribution in [0, 0.1) is 10.1 Å². The maximum atomic E-state index is 12.3. The average Bonchev–Trinajstić information content (AvgIpc) is 2.56. The van der Waals surface area contributed by atoms with Crippen LogP contribution < -0.4 is 4.72 Å². The summed E-state index contributed by atoms with van der Waals surface area (Å²) < 4.78 is 26.6. The SMILES string of the molecule is O=C(O)[C@@H](Cc1ccc(O)cc1)NS(=O)(=O)c1ccc([N+](=O)[O-])cc1. The highest BCUT2D eigenvalue weighted by Crippen LogP contribution is 2.17. The number of nitro groups is 1. The molecule has 0 spiro atoms. The fraction of sp³-hybridized carbons (Fsp3) is 0.133. The molecule has 0 fully saturated rings. The van der Waals surface area contributed by atoms with E-state index in [0.717, 1.165) is 24.3 Å². The number of benzene rings is 2. The Bertz CT molecular complexity index is 877. The largest absolute Gasteiger partial charge is 0.508 e. The summed E-state index contributed by atoms with van der Waals surface area (Å²) in [6.45, 7) is 0. The van der Waals surface area contributed by atoms with Crippen molar-refractivity contribution in [1.82, 2.24) is 4.72 Å². The first-order chi connectivity index (χ1) is 11.7. The lowest BCUT2D eigenvalue weighted by molar-refractivity contribution is -0.384. The number of aromatic hydroxyl groups is 1. The number of carboxylic acids is 1. The highest BCUT2D eigenvalue weighted by Gasteiger charge is 2.26. The molecule has 2 aromatic rings. The van der Waals surface area contributed by atoms with Crippen LogP contribution in [0.3, 0.4) is 0 Å². The van der Waals surface area contributed by atoms with E-state index < -0.39 is 27.0 Å². The number of phenols is 1. The lowest BCUT2D eigenvalue weighted by atomic mass is 10.1. The van der Waals surface area contributed by atoms with Gasteiger partial charge in [-0.1, -0.05) is 12.1 Å². The van der Waals surface area contributed by atoms with Gasteiger partial charge in [-0.05, 0) is 36.2 Å². The van der Waals surface area contributed by atoms with E-state index in [2.05, 4.69) is 4.72 Å². The normalized spacial score (nSPS) is 12.5. The Balaban J connectivity index is 2.20. The van der Waals surface area contributed by atoms with Gasteiger partial charge in [0.2, 0.25) is 10.0 Å². The van der Waals surface area contributed by atoms with Crippen molar-refractivity contribution in [2.75, 3.05) is 0 Å². The van der Waals surface area contributed by atoms with Crippen molar-refractivity contribution in [3.8, 4) is 5.75 Å². The molecule has 25 heavy (non-hydrogen) atoms. The van der Waals surface area contributed by atoms with Crippen molar-refractivity contribution < 1.29 is 28.3 Å². The third-order valence-corrected chi connectivity index (χ3v) is 4.82. The zero-order valence-corrected chi connectivity index (χ0v) is 13.5. The molecule has 0 aromatic heterocycles. The Hall–Kier alpha value is -2.98. The Morgan fingerprint density at radius 2 is 1.68 bits per heavy atom. The molecule has 0 aliphatic rings. The maximum absolute atomic E-state index is 12.3. The Morgan fingerprint density at radius 1 is 1.12 bits per heavy atom. The minimum atomic E-state index is -4.18. The van der Waals surface area contributed by atoms with Crippen LogP contribution >= 0.6 is 0 Å². The van der Waals surface area contributed by atoms with E-state index in [1.807, 2.05) is 0 Å². The molecule has 0 aliphatic carbocycles. The summed E-state index contributed by atoms with van der Waals surface area (Å²) in [7, 11) is -4.18. The predicted molar refractivity (Wildman–Crippen MR) is 86.7 cm³/mol. The van der Waals surface area contributed by atoms with Crippen molar-refractivity contribution in [3.05, 3.63) is 64.2 Å². The molecule has 0 bridgehead atoms. The minimum absolute atomic E-state index is 0.00193. The molecule has 0 saturated heterocycles. The molecule has 9 nitrogen and oxygen atoms in total. The van der Waals surface area contributed by atoms with Gasteiger partial charge in [0, 0.05) is 12.1 Å². The summed E-state index contributed by atoms with van der Waals surface area (Å²) in [5.74, 6) is -1.37. The molecule has 2 rings (SSSR count). The number of nitrogens with one attached hydrogen (secondary N) is 1. The Labute approximate surface area is 142 Å². The molecule has 1 atom stereocenters. The highest BCUT2D eigenvalue weighted by atomic mass is 32.2. The van der Waals surface area contributed by atoms with Crippen LogP contribution in [0.25, 0.3) is 0 Å². The number of non-ortho nitro benzene ring substituents is 1. The molecule has 0 heterocycles. The number of carboxylic acid groups (broad SMARTS) is 1. The number of aliphatic carboxylic acids is 1. The molecule has 0 radical (unpaired) electrons. The topological polar surface area (TPSA) is 147 Å². The van der Waals surface area contributed by atoms with Gasteiger partial charge in [-0.2, -0.15) is 4.72 Å². The summed E-state index contributed by atoms with van der Waals surface area (Å²) in [4.78, 5) is 21.0. The highest BCUT2D eigenvalue weighted by molar-refractivity contribution is 7.89.